The number of carbonyl (C=O) groups excluding carboxylic acids is 2. The summed E-state index contributed by atoms with van der Waals surface area (Å²) in [5.41, 5.74) is 3.10. The maximum absolute atomic E-state index is 13.2. The van der Waals surface area contributed by atoms with Crippen molar-refractivity contribution in [3.8, 4) is 0 Å². The lowest BCUT2D eigenvalue weighted by atomic mass is 9.94. The van der Waals surface area contributed by atoms with Crippen LogP contribution in [0.2, 0.25) is 0 Å². The number of rotatable bonds is 4. The zero-order valence-corrected chi connectivity index (χ0v) is 16.6. The van der Waals surface area contributed by atoms with Gasteiger partial charge in [-0.25, -0.2) is 4.79 Å². The molecular formula is C21H19BrN2O3. The van der Waals surface area contributed by atoms with E-state index in [4.69, 9.17) is 4.74 Å². The summed E-state index contributed by atoms with van der Waals surface area (Å²) in [6.45, 7) is 2.02. The Morgan fingerprint density at radius 2 is 1.85 bits per heavy atom. The van der Waals surface area contributed by atoms with Crippen LogP contribution in [0.5, 0.6) is 0 Å². The molecule has 0 saturated heterocycles. The first-order valence-electron chi connectivity index (χ1n) is 8.73. The van der Waals surface area contributed by atoms with Gasteiger partial charge in [0.25, 0.3) is 0 Å². The van der Waals surface area contributed by atoms with E-state index in [2.05, 4.69) is 26.2 Å². The molecule has 1 heterocycles. The van der Waals surface area contributed by atoms with E-state index in [-0.39, 0.29) is 11.6 Å². The number of methoxy groups -OCH3 is 1. The highest BCUT2D eigenvalue weighted by Crippen LogP contribution is 2.49. The van der Waals surface area contributed by atoms with Gasteiger partial charge in [0.1, 0.15) is 5.69 Å². The number of aromatic nitrogens is 1. The number of halogens is 1. The molecule has 1 saturated carbocycles. The third-order valence-corrected chi connectivity index (χ3v) is 5.67. The normalized spacial score (nSPS) is 14.8. The van der Waals surface area contributed by atoms with E-state index in [0.29, 0.717) is 5.69 Å². The fraction of sp³-hybridized carbons (Fsp3) is 0.238. The molecule has 2 N–H and O–H groups in total. The number of benzene rings is 2. The van der Waals surface area contributed by atoms with Crippen LogP contribution in [0.3, 0.4) is 0 Å². The van der Waals surface area contributed by atoms with Gasteiger partial charge in [-0.1, -0.05) is 45.8 Å². The highest BCUT2D eigenvalue weighted by molar-refractivity contribution is 9.10. The fourth-order valence-electron chi connectivity index (χ4n) is 3.43. The van der Waals surface area contributed by atoms with Crippen LogP contribution in [0.4, 0.5) is 5.69 Å². The maximum atomic E-state index is 13.2. The predicted octanol–water partition coefficient (Wildman–Crippen LogP) is 4.70. The number of aromatic amines is 1. The van der Waals surface area contributed by atoms with Crippen molar-refractivity contribution in [3.63, 3.8) is 0 Å². The van der Waals surface area contributed by atoms with Crippen molar-refractivity contribution >= 4 is 44.4 Å². The van der Waals surface area contributed by atoms with Crippen LogP contribution in [-0.4, -0.2) is 24.0 Å². The molecule has 1 amide bonds. The molecule has 1 aliphatic rings. The number of ether oxygens (including phenoxy) is 1. The minimum Gasteiger partial charge on any atom is -0.464 e. The molecule has 1 fully saturated rings. The molecular weight excluding hydrogens is 408 g/mol. The molecule has 1 aliphatic carbocycles. The molecule has 27 heavy (non-hydrogen) atoms. The van der Waals surface area contributed by atoms with Crippen LogP contribution in [0.15, 0.2) is 46.9 Å². The number of anilines is 1. The number of hydrogen-bond donors (Lipinski definition) is 2. The Kier molecular flexibility index (Phi) is 4.30. The third-order valence-electron chi connectivity index (χ3n) is 5.18. The molecule has 0 aliphatic heterocycles. The van der Waals surface area contributed by atoms with E-state index < -0.39 is 11.4 Å². The van der Waals surface area contributed by atoms with E-state index in [1.807, 2.05) is 49.4 Å². The van der Waals surface area contributed by atoms with Crippen LogP contribution >= 0.6 is 15.9 Å². The average Bonchev–Trinajstić information content (AvgIpc) is 3.40. The van der Waals surface area contributed by atoms with Crippen molar-refractivity contribution < 1.29 is 14.3 Å². The Morgan fingerprint density at radius 1 is 1.15 bits per heavy atom. The first-order valence-corrected chi connectivity index (χ1v) is 9.52. The van der Waals surface area contributed by atoms with Crippen LogP contribution in [0.1, 0.15) is 34.5 Å². The van der Waals surface area contributed by atoms with Gasteiger partial charge in [-0.2, -0.15) is 0 Å². The summed E-state index contributed by atoms with van der Waals surface area (Å²) in [4.78, 5) is 28.5. The second kappa shape index (κ2) is 6.53. The summed E-state index contributed by atoms with van der Waals surface area (Å²) in [6.07, 6.45) is 1.59. The zero-order valence-electron chi connectivity index (χ0n) is 15.1. The monoisotopic (exact) mass is 426 g/mol. The Morgan fingerprint density at radius 3 is 2.48 bits per heavy atom. The smallest absolute Gasteiger partial charge is 0.356 e. The van der Waals surface area contributed by atoms with E-state index in [1.165, 1.54) is 7.11 Å². The molecule has 0 atom stereocenters. The molecule has 5 nitrogen and oxygen atoms in total. The highest BCUT2D eigenvalue weighted by atomic mass is 79.9. The molecule has 0 spiro atoms. The standard InChI is InChI=1S/C21H19BrN2O3/c1-12-3-5-13(6-4-12)21(9-10-21)20(26)24-17-15-11-14(22)7-8-16(15)23-18(17)19(25)27-2/h3-8,11,23H,9-10H2,1-2H3,(H,24,26). The molecule has 0 radical (unpaired) electrons. The summed E-state index contributed by atoms with van der Waals surface area (Å²) in [5, 5.41) is 3.76. The number of esters is 1. The quantitative estimate of drug-likeness (QED) is 0.594. The van der Waals surface area contributed by atoms with E-state index in [1.54, 1.807) is 0 Å². The fourth-order valence-corrected chi connectivity index (χ4v) is 3.79. The van der Waals surface area contributed by atoms with E-state index >= 15 is 0 Å². The van der Waals surface area contributed by atoms with Crippen molar-refractivity contribution in [1.82, 2.24) is 4.98 Å². The Labute approximate surface area is 165 Å². The van der Waals surface area contributed by atoms with Gasteiger partial charge < -0.3 is 15.0 Å². The summed E-state index contributed by atoms with van der Waals surface area (Å²) >= 11 is 3.45. The summed E-state index contributed by atoms with van der Waals surface area (Å²) in [7, 11) is 1.32. The third kappa shape index (κ3) is 3.04. The molecule has 138 valence electrons. The molecule has 1 aromatic heterocycles. The minimum absolute atomic E-state index is 0.0996. The van der Waals surface area contributed by atoms with Crippen LogP contribution in [-0.2, 0) is 14.9 Å². The van der Waals surface area contributed by atoms with Gasteiger partial charge in [-0.3, -0.25) is 4.79 Å². The van der Waals surface area contributed by atoms with Crippen LogP contribution in [0, 0.1) is 6.92 Å². The second-order valence-electron chi connectivity index (χ2n) is 6.96. The van der Waals surface area contributed by atoms with E-state index in [0.717, 1.165) is 39.3 Å². The number of hydrogen-bond acceptors (Lipinski definition) is 3. The first-order chi connectivity index (χ1) is 12.9. The Balaban J connectivity index is 1.74. The SMILES string of the molecule is COC(=O)c1[nH]c2ccc(Br)cc2c1NC(=O)C1(c2ccc(C)cc2)CC1. The predicted molar refractivity (Wildman–Crippen MR) is 108 cm³/mol. The van der Waals surface area contributed by atoms with Crippen molar-refractivity contribution in [2.45, 2.75) is 25.2 Å². The van der Waals surface area contributed by atoms with Gasteiger partial charge in [0, 0.05) is 15.4 Å². The van der Waals surface area contributed by atoms with Crippen LogP contribution in [0.25, 0.3) is 10.9 Å². The lowest BCUT2D eigenvalue weighted by Crippen LogP contribution is -2.28. The topological polar surface area (TPSA) is 71.2 Å². The highest BCUT2D eigenvalue weighted by Gasteiger charge is 2.51. The zero-order chi connectivity index (χ0) is 19.2. The Hall–Kier alpha value is -2.60. The summed E-state index contributed by atoms with van der Waals surface area (Å²) < 4.78 is 5.75. The number of fused-ring (bicyclic) bond motifs is 1. The van der Waals surface area contributed by atoms with Gasteiger partial charge in [-0.05, 0) is 43.5 Å². The van der Waals surface area contributed by atoms with Crippen molar-refractivity contribution in [2.75, 3.05) is 12.4 Å². The van der Waals surface area contributed by atoms with Gasteiger partial charge >= 0.3 is 5.97 Å². The average molecular weight is 427 g/mol. The van der Waals surface area contributed by atoms with E-state index in [9.17, 15) is 9.59 Å². The molecule has 3 aromatic rings. The number of aryl methyl sites for hydroxylation is 1. The van der Waals surface area contributed by atoms with Gasteiger partial charge in [0.05, 0.1) is 18.2 Å². The minimum atomic E-state index is -0.531. The summed E-state index contributed by atoms with van der Waals surface area (Å²) in [5.74, 6) is -0.616. The van der Waals surface area contributed by atoms with Crippen molar-refractivity contribution in [2.24, 2.45) is 0 Å². The molecule has 2 aromatic carbocycles. The van der Waals surface area contributed by atoms with Gasteiger partial charge in [-0.15, -0.1) is 0 Å². The molecule has 0 bridgehead atoms. The maximum Gasteiger partial charge on any atom is 0.356 e. The molecule has 4 rings (SSSR count). The Bertz CT molecular complexity index is 1050. The lowest BCUT2D eigenvalue weighted by molar-refractivity contribution is -0.118. The van der Waals surface area contributed by atoms with Crippen molar-refractivity contribution in [1.29, 1.82) is 0 Å². The van der Waals surface area contributed by atoms with Crippen molar-refractivity contribution in [3.05, 3.63) is 63.8 Å². The number of H-pyrrole nitrogens is 1. The lowest BCUT2D eigenvalue weighted by Gasteiger charge is -2.16. The number of carbonyl (C=O) groups is 2. The summed E-state index contributed by atoms with van der Waals surface area (Å²) in [6, 6.07) is 13.7. The van der Waals surface area contributed by atoms with Gasteiger partial charge in [0.2, 0.25) is 5.91 Å². The van der Waals surface area contributed by atoms with Gasteiger partial charge in [0.15, 0.2) is 0 Å². The first kappa shape index (κ1) is 17.8. The number of amides is 1. The molecule has 6 heteroatoms. The number of nitrogens with one attached hydrogen (secondary N) is 2. The van der Waals surface area contributed by atoms with Crippen LogP contribution < -0.4 is 5.32 Å². The second-order valence-corrected chi connectivity index (χ2v) is 7.87. The largest absolute Gasteiger partial charge is 0.464 e. The molecule has 0 unspecified atom stereocenters.